The van der Waals surface area contributed by atoms with Gasteiger partial charge in [0.05, 0.1) is 0 Å². The molecule has 0 fully saturated rings. The highest BCUT2D eigenvalue weighted by Crippen LogP contribution is 2.11. The number of aromatic nitrogens is 1. The first-order chi connectivity index (χ1) is 11.6. The summed E-state index contributed by atoms with van der Waals surface area (Å²) in [6.45, 7) is 1.93. The van der Waals surface area contributed by atoms with Crippen LogP contribution in [0.25, 0.3) is 0 Å². The molecule has 120 valence electrons. The van der Waals surface area contributed by atoms with Gasteiger partial charge in [0.15, 0.2) is 5.78 Å². The summed E-state index contributed by atoms with van der Waals surface area (Å²) < 4.78 is 0. The van der Waals surface area contributed by atoms with Gasteiger partial charge in [0.25, 0.3) is 5.91 Å². The molecule has 0 radical (unpaired) electrons. The normalized spacial score (nSPS) is 10.6. The average Bonchev–Trinajstić information content (AvgIpc) is 2.60. The summed E-state index contributed by atoms with van der Waals surface area (Å²) in [5.74, 6) is -0.572. The van der Waals surface area contributed by atoms with E-state index >= 15 is 0 Å². The van der Waals surface area contributed by atoms with Crippen LogP contribution in [0.15, 0.2) is 60.6 Å². The van der Waals surface area contributed by atoms with E-state index in [1.807, 2.05) is 18.2 Å². The van der Waals surface area contributed by atoms with Crippen molar-refractivity contribution in [2.45, 2.75) is 13.5 Å². The highest BCUT2D eigenvalue weighted by molar-refractivity contribution is 6.06. The van der Waals surface area contributed by atoms with Gasteiger partial charge >= 0.3 is 0 Å². The number of nitrogens with one attached hydrogen (secondary N) is 2. The molecule has 0 saturated carbocycles. The van der Waals surface area contributed by atoms with Crippen LogP contribution in [0.2, 0.25) is 0 Å². The van der Waals surface area contributed by atoms with Gasteiger partial charge in [0, 0.05) is 36.4 Å². The van der Waals surface area contributed by atoms with E-state index in [4.69, 9.17) is 5.26 Å². The van der Waals surface area contributed by atoms with Gasteiger partial charge < -0.3 is 10.6 Å². The third-order valence-corrected chi connectivity index (χ3v) is 3.19. The molecule has 2 N–H and O–H groups in total. The van der Waals surface area contributed by atoms with Crippen molar-refractivity contribution in [2.24, 2.45) is 0 Å². The van der Waals surface area contributed by atoms with Crippen LogP contribution in [0.1, 0.15) is 22.8 Å². The van der Waals surface area contributed by atoms with Gasteiger partial charge in [0.2, 0.25) is 0 Å². The molecular weight excluding hydrogens is 304 g/mol. The summed E-state index contributed by atoms with van der Waals surface area (Å²) in [5.41, 5.74) is 1.96. The third-order valence-electron chi connectivity index (χ3n) is 3.19. The second-order valence-corrected chi connectivity index (χ2v) is 5.00. The Morgan fingerprint density at radius 3 is 2.58 bits per heavy atom. The molecule has 0 unspecified atom stereocenters. The van der Waals surface area contributed by atoms with Crippen LogP contribution in [0.3, 0.4) is 0 Å². The zero-order valence-electron chi connectivity index (χ0n) is 13.1. The molecule has 0 aliphatic carbocycles. The lowest BCUT2D eigenvalue weighted by atomic mass is 10.1. The van der Waals surface area contributed by atoms with E-state index in [0.717, 1.165) is 5.56 Å². The standard InChI is InChI=1S/C18H16N4O2/c1-13(23)15-4-6-17(7-5-15)22-18(24)16(9-19)12-21-11-14-3-2-8-20-10-14/h2-8,10,12,21H,11H2,1H3,(H,22,24)/b16-12-. The Morgan fingerprint density at radius 2 is 2.00 bits per heavy atom. The van der Waals surface area contributed by atoms with Gasteiger partial charge in [-0.15, -0.1) is 0 Å². The lowest BCUT2D eigenvalue weighted by Crippen LogP contribution is -2.16. The summed E-state index contributed by atoms with van der Waals surface area (Å²) in [7, 11) is 0. The first-order valence-electron chi connectivity index (χ1n) is 7.25. The van der Waals surface area contributed by atoms with Gasteiger partial charge in [-0.3, -0.25) is 14.6 Å². The van der Waals surface area contributed by atoms with Crippen molar-refractivity contribution in [2.75, 3.05) is 5.32 Å². The summed E-state index contributed by atoms with van der Waals surface area (Å²) in [6, 6.07) is 12.0. The number of carbonyl (C=O) groups is 2. The maximum absolute atomic E-state index is 12.1. The van der Waals surface area contributed by atoms with E-state index in [9.17, 15) is 9.59 Å². The van der Waals surface area contributed by atoms with Crippen molar-refractivity contribution >= 4 is 17.4 Å². The first-order valence-corrected chi connectivity index (χ1v) is 7.25. The van der Waals surface area contributed by atoms with E-state index in [1.165, 1.54) is 13.1 Å². The van der Waals surface area contributed by atoms with Gasteiger partial charge in [-0.2, -0.15) is 5.26 Å². The molecule has 1 amide bonds. The second-order valence-electron chi connectivity index (χ2n) is 5.00. The Bertz CT molecular complexity index is 790. The van der Waals surface area contributed by atoms with Crippen molar-refractivity contribution in [1.29, 1.82) is 5.26 Å². The monoisotopic (exact) mass is 320 g/mol. The zero-order valence-corrected chi connectivity index (χ0v) is 13.1. The maximum atomic E-state index is 12.1. The molecule has 0 spiro atoms. The molecule has 6 nitrogen and oxygen atoms in total. The van der Waals surface area contributed by atoms with E-state index in [1.54, 1.807) is 36.7 Å². The lowest BCUT2D eigenvalue weighted by Gasteiger charge is -2.06. The average molecular weight is 320 g/mol. The number of carbonyl (C=O) groups excluding carboxylic acids is 2. The van der Waals surface area contributed by atoms with E-state index in [-0.39, 0.29) is 11.4 Å². The van der Waals surface area contributed by atoms with Crippen molar-refractivity contribution in [3.8, 4) is 6.07 Å². The van der Waals surface area contributed by atoms with Crippen LogP contribution in [-0.2, 0) is 11.3 Å². The second kappa shape index (κ2) is 8.25. The fourth-order valence-electron chi connectivity index (χ4n) is 1.91. The van der Waals surface area contributed by atoms with E-state index in [2.05, 4.69) is 15.6 Å². The summed E-state index contributed by atoms with van der Waals surface area (Å²) in [6.07, 6.45) is 4.74. The minimum absolute atomic E-state index is 0.0467. The molecule has 6 heteroatoms. The molecule has 2 aromatic rings. The first kappa shape index (κ1) is 16.9. The third kappa shape index (κ3) is 4.78. The molecule has 0 aliphatic heterocycles. The van der Waals surface area contributed by atoms with Crippen molar-refractivity contribution < 1.29 is 9.59 Å². The lowest BCUT2D eigenvalue weighted by molar-refractivity contribution is -0.112. The number of pyridine rings is 1. The number of rotatable bonds is 6. The Balaban J connectivity index is 1.96. The Kier molecular flexibility index (Phi) is 5.81. The largest absolute Gasteiger partial charge is 0.386 e. The van der Waals surface area contributed by atoms with Crippen LogP contribution >= 0.6 is 0 Å². The zero-order chi connectivity index (χ0) is 17.4. The van der Waals surface area contributed by atoms with E-state index < -0.39 is 5.91 Å². The molecule has 1 heterocycles. The fraction of sp³-hybridized carbons (Fsp3) is 0.111. The number of Topliss-reactive ketones (excluding diaryl/α,β-unsaturated/α-hetero) is 1. The highest BCUT2D eigenvalue weighted by atomic mass is 16.1. The number of anilines is 1. The molecule has 0 saturated heterocycles. The predicted octanol–water partition coefficient (Wildman–Crippen LogP) is 2.42. The quantitative estimate of drug-likeness (QED) is 0.484. The SMILES string of the molecule is CC(=O)c1ccc(NC(=O)/C(C#N)=C\NCc2cccnc2)cc1. The van der Waals surface area contributed by atoms with E-state index in [0.29, 0.717) is 17.8 Å². The minimum Gasteiger partial charge on any atom is -0.386 e. The van der Waals surface area contributed by atoms with Crippen LogP contribution in [0.4, 0.5) is 5.69 Å². The molecule has 0 aliphatic rings. The van der Waals surface area contributed by atoms with Crippen LogP contribution in [-0.4, -0.2) is 16.7 Å². The summed E-state index contributed by atoms with van der Waals surface area (Å²) >= 11 is 0. The Hall–Kier alpha value is -3.46. The van der Waals surface area contributed by atoms with Gasteiger partial charge in [-0.1, -0.05) is 6.07 Å². The molecular formula is C18H16N4O2. The summed E-state index contributed by atoms with van der Waals surface area (Å²) in [5, 5.41) is 14.6. The van der Waals surface area contributed by atoms with Crippen molar-refractivity contribution in [1.82, 2.24) is 10.3 Å². The molecule has 0 atom stereocenters. The van der Waals surface area contributed by atoms with Crippen molar-refractivity contribution in [3.05, 3.63) is 71.7 Å². The topological polar surface area (TPSA) is 94.9 Å². The van der Waals surface area contributed by atoms with Crippen LogP contribution in [0, 0.1) is 11.3 Å². The van der Waals surface area contributed by atoms with Gasteiger partial charge in [0.1, 0.15) is 11.6 Å². The fourth-order valence-corrected chi connectivity index (χ4v) is 1.91. The molecule has 0 bridgehead atoms. The van der Waals surface area contributed by atoms with Crippen LogP contribution in [0.5, 0.6) is 0 Å². The Morgan fingerprint density at radius 1 is 1.25 bits per heavy atom. The molecule has 1 aromatic carbocycles. The minimum atomic E-state index is -0.522. The maximum Gasteiger partial charge on any atom is 0.267 e. The highest BCUT2D eigenvalue weighted by Gasteiger charge is 2.09. The number of nitriles is 1. The predicted molar refractivity (Wildman–Crippen MR) is 89.8 cm³/mol. The number of amides is 1. The van der Waals surface area contributed by atoms with Gasteiger partial charge in [-0.25, -0.2) is 0 Å². The number of nitrogens with zero attached hydrogens (tertiary/aromatic N) is 2. The summed E-state index contributed by atoms with van der Waals surface area (Å²) in [4.78, 5) is 27.3. The van der Waals surface area contributed by atoms with Crippen LogP contribution < -0.4 is 10.6 Å². The van der Waals surface area contributed by atoms with Gasteiger partial charge in [-0.05, 0) is 42.8 Å². The number of benzene rings is 1. The molecule has 1 aromatic heterocycles. The molecule has 2 rings (SSSR count). The Labute approximate surface area is 139 Å². The number of hydrogen-bond donors (Lipinski definition) is 2. The smallest absolute Gasteiger partial charge is 0.267 e. The number of hydrogen-bond acceptors (Lipinski definition) is 5. The number of ketones is 1. The molecule has 24 heavy (non-hydrogen) atoms. The van der Waals surface area contributed by atoms with Crippen molar-refractivity contribution in [3.63, 3.8) is 0 Å².